The number of nitrogens with one attached hydrogen (secondary N) is 1. The monoisotopic (exact) mass is 417 g/mol. The smallest absolute Gasteiger partial charge is 0.303 e. The van der Waals surface area contributed by atoms with Crippen molar-refractivity contribution in [3.8, 4) is 0 Å². The fraction of sp³-hybridized carbons (Fsp3) is 0.522. The van der Waals surface area contributed by atoms with Crippen molar-refractivity contribution in [2.45, 2.75) is 57.9 Å². The molecule has 0 saturated heterocycles. The molecule has 3 fully saturated rings. The molecule has 5 nitrogen and oxygen atoms in total. The highest BCUT2D eigenvalue weighted by Crippen LogP contribution is 2.46. The van der Waals surface area contributed by atoms with E-state index in [9.17, 15) is 13.2 Å². The largest absolute Gasteiger partial charge is 0.481 e. The summed E-state index contributed by atoms with van der Waals surface area (Å²) in [5.74, 6) is 0.491. The molecule has 0 aliphatic heterocycles. The van der Waals surface area contributed by atoms with Gasteiger partial charge in [0.05, 0.1) is 0 Å². The Morgan fingerprint density at radius 3 is 2.66 bits per heavy atom. The van der Waals surface area contributed by atoms with E-state index in [1.54, 1.807) is 6.08 Å². The number of hydrogen-bond donors (Lipinski definition) is 2. The van der Waals surface area contributed by atoms with Crippen molar-refractivity contribution in [3.63, 3.8) is 0 Å². The van der Waals surface area contributed by atoms with Gasteiger partial charge in [-0.25, -0.2) is 13.1 Å². The third kappa shape index (κ3) is 6.54. The lowest BCUT2D eigenvalue weighted by atomic mass is 9.62. The average Bonchev–Trinajstić information content (AvgIpc) is 2.67. The van der Waals surface area contributed by atoms with Crippen LogP contribution in [-0.2, 0) is 14.8 Å². The molecule has 4 rings (SSSR count). The Hall–Kier alpha value is -1.92. The molecular formula is C23H31NO4S. The van der Waals surface area contributed by atoms with Crippen LogP contribution in [0.4, 0.5) is 0 Å². The zero-order valence-electron chi connectivity index (χ0n) is 17.0. The van der Waals surface area contributed by atoms with Gasteiger partial charge in [-0.2, -0.15) is 0 Å². The molecule has 4 atom stereocenters. The number of aliphatic carboxylic acids is 1. The fourth-order valence-corrected chi connectivity index (χ4v) is 5.77. The Morgan fingerprint density at radius 1 is 1.21 bits per heavy atom. The minimum absolute atomic E-state index is 0.0242. The quantitative estimate of drug-likeness (QED) is 0.458. The normalized spacial score (nSPS) is 27.1. The molecule has 3 aliphatic rings. The van der Waals surface area contributed by atoms with Gasteiger partial charge in [-0.1, -0.05) is 48.4 Å². The second-order valence-electron chi connectivity index (χ2n) is 8.44. The standard InChI is InChI=1S/C23H31NO4S/c1-17-7-9-18(10-8-17)13-14-29(27,28)24-22-16-19-11-12-21(22)20(15-19)5-3-2-4-6-23(25)26/h3,5,7-10,13-14,19-22,24H,2,4,6,11-12,15-16H2,1H3,(H,25,26)/b5-3+,14-13+. The van der Waals surface area contributed by atoms with Crippen molar-refractivity contribution in [2.24, 2.45) is 17.8 Å². The van der Waals surface area contributed by atoms with Crippen LogP contribution in [0.2, 0.25) is 0 Å². The van der Waals surface area contributed by atoms with E-state index in [4.69, 9.17) is 5.11 Å². The highest BCUT2D eigenvalue weighted by Gasteiger charge is 2.42. The number of carbonyl (C=O) groups is 1. The first-order valence-corrected chi connectivity index (χ1v) is 12.0. The SMILES string of the molecule is Cc1ccc(/C=C/S(=O)(=O)NC2CC3CCC2C(/C=C/CCCC(=O)O)C3)cc1. The van der Waals surface area contributed by atoms with Crippen molar-refractivity contribution in [1.29, 1.82) is 0 Å². The molecule has 3 saturated carbocycles. The van der Waals surface area contributed by atoms with Crippen LogP contribution in [0.3, 0.4) is 0 Å². The van der Waals surface area contributed by atoms with Crippen LogP contribution in [0, 0.1) is 24.7 Å². The summed E-state index contributed by atoms with van der Waals surface area (Å²) in [6.45, 7) is 2.00. The van der Waals surface area contributed by atoms with E-state index in [-0.39, 0.29) is 12.5 Å². The van der Waals surface area contributed by atoms with Gasteiger partial charge >= 0.3 is 5.97 Å². The molecule has 2 N–H and O–H groups in total. The highest BCUT2D eigenvalue weighted by atomic mass is 32.2. The van der Waals surface area contributed by atoms with E-state index < -0.39 is 16.0 Å². The molecule has 3 aliphatic carbocycles. The Labute approximate surface area is 174 Å². The fourth-order valence-electron chi connectivity index (χ4n) is 4.66. The van der Waals surface area contributed by atoms with Crippen molar-refractivity contribution >= 4 is 22.1 Å². The second-order valence-corrected chi connectivity index (χ2v) is 10.0. The zero-order valence-corrected chi connectivity index (χ0v) is 17.8. The van der Waals surface area contributed by atoms with Gasteiger partial charge in [-0.15, -0.1) is 0 Å². The predicted molar refractivity (Wildman–Crippen MR) is 116 cm³/mol. The van der Waals surface area contributed by atoms with Crippen LogP contribution in [-0.4, -0.2) is 25.5 Å². The number of carboxylic acids is 1. The van der Waals surface area contributed by atoms with Crippen molar-refractivity contribution in [2.75, 3.05) is 0 Å². The minimum atomic E-state index is -3.49. The summed E-state index contributed by atoms with van der Waals surface area (Å²) in [7, 11) is -3.49. The number of fused-ring (bicyclic) bond motifs is 3. The number of carboxylic acid groups (broad SMARTS) is 1. The molecule has 0 spiro atoms. The summed E-state index contributed by atoms with van der Waals surface area (Å²) in [6.07, 6.45) is 11.7. The number of allylic oxidation sites excluding steroid dienone is 2. The Balaban J connectivity index is 1.59. The van der Waals surface area contributed by atoms with Crippen molar-refractivity contribution < 1.29 is 18.3 Å². The number of aryl methyl sites for hydroxylation is 1. The molecule has 0 heterocycles. The molecule has 158 valence electrons. The summed E-state index contributed by atoms with van der Waals surface area (Å²) in [5, 5.41) is 10.00. The van der Waals surface area contributed by atoms with E-state index >= 15 is 0 Å². The van der Waals surface area contributed by atoms with Crippen LogP contribution in [0.5, 0.6) is 0 Å². The lowest BCUT2D eigenvalue weighted by Crippen LogP contribution is -2.49. The van der Waals surface area contributed by atoms with E-state index in [0.717, 1.165) is 36.8 Å². The van der Waals surface area contributed by atoms with Crippen LogP contribution >= 0.6 is 0 Å². The maximum absolute atomic E-state index is 12.6. The van der Waals surface area contributed by atoms with Gasteiger partial charge in [0.2, 0.25) is 10.0 Å². The van der Waals surface area contributed by atoms with E-state index in [1.807, 2.05) is 31.2 Å². The van der Waals surface area contributed by atoms with Gasteiger partial charge in [-0.3, -0.25) is 4.79 Å². The summed E-state index contributed by atoms with van der Waals surface area (Å²) in [4.78, 5) is 10.6. The van der Waals surface area contributed by atoms with Crippen LogP contribution < -0.4 is 4.72 Å². The molecule has 0 radical (unpaired) electrons. The summed E-state index contributed by atoms with van der Waals surface area (Å²) < 4.78 is 28.2. The number of benzene rings is 1. The van der Waals surface area contributed by atoms with E-state index in [0.29, 0.717) is 24.2 Å². The van der Waals surface area contributed by atoms with Gasteiger partial charge in [0, 0.05) is 17.9 Å². The maximum atomic E-state index is 12.6. The van der Waals surface area contributed by atoms with Gasteiger partial charge in [0.25, 0.3) is 0 Å². The molecule has 29 heavy (non-hydrogen) atoms. The maximum Gasteiger partial charge on any atom is 0.303 e. The minimum Gasteiger partial charge on any atom is -0.481 e. The first kappa shape index (κ1) is 21.8. The lowest BCUT2D eigenvalue weighted by molar-refractivity contribution is -0.137. The molecule has 1 aromatic carbocycles. The predicted octanol–water partition coefficient (Wildman–Crippen LogP) is 4.50. The third-order valence-electron chi connectivity index (χ3n) is 6.15. The Bertz CT molecular complexity index is 857. The molecule has 0 amide bonds. The second kappa shape index (κ2) is 9.72. The van der Waals surface area contributed by atoms with Gasteiger partial charge in [-0.05, 0) is 68.4 Å². The van der Waals surface area contributed by atoms with Crippen molar-refractivity contribution in [1.82, 2.24) is 4.72 Å². The molecule has 0 aromatic heterocycles. The van der Waals surface area contributed by atoms with Crippen LogP contribution in [0.1, 0.15) is 56.1 Å². The van der Waals surface area contributed by atoms with Crippen LogP contribution in [0.15, 0.2) is 41.8 Å². The summed E-state index contributed by atoms with van der Waals surface area (Å²) in [6, 6.07) is 7.73. The first-order valence-electron chi connectivity index (χ1n) is 10.5. The van der Waals surface area contributed by atoms with E-state index in [2.05, 4.69) is 16.9 Å². The Kier molecular flexibility index (Phi) is 7.30. The number of unbranched alkanes of at least 4 members (excludes halogenated alkanes) is 1. The lowest BCUT2D eigenvalue weighted by Gasteiger charge is -2.46. The van der Waals surface area contributed by atoms with Gasteiger partial charge in [0.15, 0.2) is 0 Å². The molecule has 2 bridgehead atoms. The number of rotatable bonds is 9. The van der Waals surface area contributed by atoms with Crippen molar-refractivity contribution in [3.05, 3.63) is 53.0 Å². The average molecular weight is 418 g/mol. The van der Waals surface area contributed by atoms with Crippen LogP contribution in [0.25, 0.3) is 6.08 Å². The topological polar surface area (TPSA) is 83.5 Å². The summed E-state index contributed by atoms with van der Waals surface area (Å²) in [5.41, 5.74) is 2.01. The van der Waals surface area contributed by atoms with E-state index in [1.165, 1.54) is 11.8 Å². The number of sulfonamides is 1. The Morgan fingerprint density at radius 2 is 1.97 bits per heavy atom. The molecular weight excluding hydrogens is 386 g/mol. The highest BCUT2D eigenvalue weighted by molar-refractivity contribution is 7.92. The molecule has 4 unspecified atom stereocenters. The summed E-state index contributed by atoms with van der Waals surface area (Å²) >= 11 is 0. The number of hydrogen-bond acceptors (Lipinski definition) is 3. The molecule has 6 heteroatoms. The first-order chi connectivity index (χ1) is 13.8. The third-order valence-corrected chi connectivity index (χ3v) is 7.27. The van der Waals surface area contributed by atoms with Gasteiger partial charge < -0.3 is 5.11 Å². The zero-order chi connectivity index (χ0) is 20.9. The van der Waals surface area contributed by atoms with Gasteiger partial charge in [0.1, 0.15) is 0 Å². The molecule has 1 aromatic rings.